The maximum absolute atomic E-state index is 14.3. The molecule has 4 aromatic rings. The van der Waals surface area contributed by atoms with E-state index in [2.05, 4.69) is 20.3 Å². The predicted molar refractivity (Wildman–Crippen MR) is 185 cm³/mol. The van der Waals surface area contributed by atoms with E-state index in [1.807, 2.05) is 20.8 Å². The number of hydrogen-bond donors (Lipinski definition) is 3. The number of benzene rings is 1. The van der Waals surface area contributed by atoms with Crippen molar-refractivity contribution in [1.82, 2.24) is 29.8 Å². The monoisotopic (exact) mass is 728 g/mol. The van der Waals surface area contributed by atoms with Gasteiger partial charge >= 0.3 is 12.2 Å². The van der Waals surface area contributed by atoms with Crippen LogP contribution in [-0.2, 0) is 16.7 Å². The zero-order valence-corrected chi connectivity index (χ0v) is 30.0. The minimum Gasteiger partial charge on any atom is -0.496 e. The smallest absolute Gasteiger partial charge is 0.411 e. The first-order valence-corrected chi connectivity index (χ1v) is 16.6. The van der Waals surface area contributed by atoms with E-state index in [0.717, 1.165) is 0 Å². The number of halogens is 3. The molecule has 52 heavy (non-hydrogen) atoms. The van der Waals surface area contributed by atoms with E-state index in [1.54, 1.807) is 42.5 Å². The Balaban J connectivity index is 1.65. The Morgan fingerprint density at radius 1 is 1.12 bits per heavy atom. The summed E-state index contributed by atoms with van der Waals surface area (Å²) in [4.78, 5) is 44.7. The number of fused-ring (bicyclic) bond motifs is 1. The number of nitrogens with zero attached hydrogens (tertiary/aromatic N) is 6. The number of alkyl carbamates (subject to hydrolysis) is 1. The third-order valence-corrected chi connectivity index (χ3v) is 8.47. The van der Waals surface area contributed by atoms with Gasteiger partial charge in [-0.05, 0) is 57.4 Å². The summed E-state index contributed by atoms with van der Waals surface area (Å²) < 4.78 is 60.4. The average Bonchev–Trinajstić information content (AvgIpc) is 3.45. The molecule has 0 spiro atoms. The minimum atomic E-state index is -3.17. The molecule has 1 fully saturated rings. The van der Waals surface area contributed by atoms with Crippen molar-refractivity contribution in [2.45, 2.75) is 90.0 Å². The van der Waals surface area contributed by atoms with E-state index >= 15 is 0 Å². The second kappa shape index (κ2) is 14.4. The number of pyridine rings is 1. The Morgan fingerprint density at radius 2 is 1.85 bits per heavy atom. The number of carbonyl (C=O) groups is 2. The standard InChI is InChI=1S/C35H43F3N8O6/c1-33(2,3)30-42-28-25(29(43-30)51-31(39)48)41-18-46(28)16-19-13-22(21-10-9-20(36)14-24(21)50-7)40-15-23(19)45-12-8-11-35(17-45,26(47)27(37)38)44-32(49)52-34(4,5)6/h9-10,13-15,18,26-27,47H,8,11-12,16-17H2,1-7H3,(H2,39,48)(H,44,49). The SMILES string of the molecule is COc1cc(F)ccc1-c1cc(Cn2cnc3c(OC(N)=O)nc(C(C)(C)C)nc32)c(N2CCCC(NC(=O)OC(C)(C)C)(C(O)C(F)F)C2)cn1. The zero-order valence-electron chi connectivity index (χ0n) is 30.0. The van der Waals surface area contributed by atoms with Gasteiger partial charge in [0.1, 0.15) is 29.1 Å². The van der Waals surface area contributed by atoms with E-state index < -0.39 is 47.1 Å². The number of imidazole rings is 1. The quantitative estimate of drug-likeness (QED) is 0.203. The molecule has 1 aromatic carbocycles. The molecule has 3 aromatic heterocycles. The number of aliphatic hydroxyl groups excluding tert-OH is 1. The number of aromatic nitrogens is 5. The lowest BCUT2D eigenvalue weighted by Gasteiger charge is -2.46. The average molecular weight is 729 g/mol. The van der Waals surface area contributed by atoms with Gasteiger partial charge in [-0.1, -0.05) is 20.8 Å². The van der Waals surface area contributed by atoms with Crippen LogP contribution in [0.15, 0.2) is 36.8 Å². The fraction of sp³-hybridized carbons (Fsp3) is 0.486. The van der Waals surface area contributed by atoms with Crippen LogP contribution < -0.4 is 25.4 Å². The Hall–Kier alpha value is -5.19. The molecular weight excluding hydrogens is 685 g/mol. The number of amides is 2. The van der Waals surface area contributed by atoms with E-state index in [4.69, 9.17) is 24.9 Å². The van der Waals surface area contributed by atoms with Crippen molar-refractivity contribution in [2.24, 2.45) is 5.73 Å². The molecule has 1 saturated heterocycles. The highest BCUT2D eigenvalue weighted by Crippen LogP contribution is 2.37. The van der Waals surface area contributed by atoms with Gasteiger partial charge in [0, 0.05) is 30.1 Å². The highest BCUT2D eigenvalue weighted by molar-refractivity contribution is 5.80. The van der Waals surface area contributed by atoms with Crippen LogP contribution in [0.3, 0.4) is 0 Å². The fourth-order valence-corrected chi connectivity index (χ4v) is 6.10. The van der Waals surface area contributed by atoms with Crippen LogP contribution in [0, 0.1) is 5.82 Å². The Morgan fingerprint density at radius 3 is 2.48 bits per heavy atom. The van der Waals surface area contributed by atoms with Crippen molar-refractivity contribution >= 4 is 29.0 Å². The lowest BCUT2D eigenvalue weighted by Crippen LogP contribution is -2.67. The summed E-state index contributed by atoms with van der Waals surface area (Å²) >= 11 is 0. The van der Waals surface area contributed by atoms with E-state index in [0.29, 0.717) is 46.9 Å². The topological polar surface area (TPSA) is 180 Å². The second-order valence-corrected chi connectivity index (χ2v) is 14.7. The van der Waals surface area contributed by atoms with Crippen LogP contribution >= 0.6 is 0 Å². The molecular formula is C35H43F3N8O6. The maximum atomic E-state index is 14.3. The second-order valence-electron chi connectivity index (χ2n) is 14.7. The number of piperidine rings is 1. The number of nitrogens with two attached hydrogens (primary N) is 1. The number of rotatable bonds is 9. The number of ether oxygens (including phenoxy) is 3. The number of anilines is 1. The van der Waals surface area contributed by atoms with Crippen LogP contribution in [0.2, 0.25) is 0 Å². The molecule has 0 saturated carbocycles. The summed E-state index contributed by atoms with van der Waals surface area (Å²) in [6.45, 7) is 10.8. The van der Waals surface area contributed by atoms with Crippen molar-refractivity contribution in [1.29, 1.82) is 0 Å². The van der Waals surface area contributed by atoms with Crippen molar-refractivity contribution in [3.8, 4) is 22.9 Å². The summed E-state index contributed by atoms with van der Waals surface area (Å²) in [6.07, 6.45) is -4.04. The third kappa shape index (κ3) is 8.30. The molecule has 0 bridgehead atoms. The van der Waals surface area contributed by atoms with Crippen molar-refractivity contribution < 1.29 is 42.1 Å². The number of alkyl halides is 2. The molecule has 2 atom stereocenters. The number of methoxy groups -OCH3 is 1. The highest BCUT2D eigenvalue weighted by Gasteiger charge is 2.48. The number of primary amides is 1. The number of carbonyl (C=O) groups excluding carboxylic acids is 2. The van der Waals surface area contributed by atoms with Gasteiger partial charge in [-0.3, -0.25) is 4.98 Å². The van der Waals surface area contributed by atoms with Crippen LogP contribution in [0.5, 0.6) is 11.6 Å². The lowest BCUT2D eigenvalue weighted by atomic mass is 9.83. The van der Waals surface area contributed by atoms with Gasteiger partial charge in [-0.2, -0.15) is 4.98 Å². The van der Waals surface area contributed by atoms with E-state index in [9.17, 15) is 27.9 Å². The van der Waals surface area contributed by atoms with E-state index in [-0.39, 0.29) is 36.7 Å². The molecule has 280 valence electrons. The van der Waals surface area contributed by atoms with Crippen molar-refractivity contribution in [3.63, 3.8) is 0 Å². The van der Waals surface area contributed by atoms with Gasteiger partial charge in [0.25, 0.3) is 12.3 Å². The Kier molecular flexibility index (Phi) is 10.6. The molecule has 5 rings (SSSR count). The van der Waals surface area contributed by atoms with Gasteiger partial charge in [0.05, 0.1) is 43.1 Å². The summed E-state index contributed by atoms with van der Waals surface area (Å²) in [5.74, 6) is -0.0540. The first-order valence-electron chi connectivity index (χ1n) is 16.6. The maximum Gasteiger partial charge on any atom is 0.411 e. The Labute approximate surface area is 298 Å². The number of hydrogen-bond acceptors (Lipinski definition) is 11. The molecule has 0 aliphatic carbocycles. The molecule has 1 aliphatic rings. The highest BCUT2D eigenvalue weighted by atomic mass is 19.3. The number of aliphatic hydroxyl groups is 1. The molecule has 17 heteroatoms. The third-order valence-electron chi connectivity index (χ3n) is 8.47. The molecule has 2 unspecified atom stereocenters. The normalized spacial score (nSPS) is 17.3. The number of nitrogens with one attached hydrogen (secondary N) is 1. The minimum absolute atomic E-state index is 0.0448. The van der Waals surface area contributed by atoms with Gasteiger partial charge < -0.3 is 39.8 Å². The fourth-order valence-electron chi connectivity index (χ4n) is 6.10. The van der Waals surface area contributed by atoms with Crippen LogP contribution in [0.1, 0.15) is 65.8 Å². The van der Waals surface area contributed by atoms with Gasteiger partial charge in [-0.25, -0.2) is 32.7 Å². The van der Waals surface area contributed by atoms with Gasteiger partial charge in [-0.15, -0.1) is 0 Å². The molecule has 2 amide bonds. The summed E-state index contributed by atoms with van der Waals surface area (Å²) in [6, 6.07) is 5.77. The van der Waals surface area contributed by atoms with Crippen molar-refractivity contribution in [2.75, 3.05) is 25.1 Å². The van der Waals surface area contributed by atoms with Crippen LogP contribution in [-0.4, -0.2) is 85.7 Å². The van der Waals surface area contributed by atoms with Crippen LogP contribution in [0.25, 0.3) is 22.4 Å². The summed E-state index contributed by atoms with van der Waals surface area (Å²) in [5, 5.41) is 13.5. The van der Waals surface area contributed by atoms with Gasteiger partial charge in [0.2, 0.25) is 0 Å². The van der Waals surface area contributed by atoms with E-state index in [1.165, 1.54) is 31.6 Å². The molecule has 0 radical (unpaired) electrons. The summed E-state index contributed by atoms with van der Waals surface area (Å²) in [5.41, 5.74) is 4.49. The largest absolute Gasteiger partial charge is 0.496 e. The molecule has 1 aliphatic heterocycles. The Bertz CT molecular complexity index is 1960. The molecule has 4 heterocycles. The first-order chi connectivity index (χ1) is 24.3. The molecule has 14 nitrogen and oxygen atoms in total. The lowest BCUT2D eigenvalue weighted by molar-refractivity contribution is -0.0664. The molecule has 4 N–H and O–H groups in total. The summed E-state index contributed by atoms with van der Waals surface area (Å²) in [7, 11) is 1.41. The zero-order chi connectivity index (χ0) is 38.2. The first kappa shape index (κ1) is 38.1. The van der Waals surface area contributed by atoms with Crippen LogP contribution in [0.4, 0.5) is 28.4 Å². The predicted octanol–water partition coefficient (Wildman–Crippen LogP) is 5.33. The van der Waals surface area contributed by atoms with Crippen molar-refractivity contribution in [3.05, 3.63) is 54.0 Å². The van der Waals surface area contributed by atoms with Gasteiger partial charge in [0.15, 0.2) is 11.2 Å².